The van der Waals surface area contributed by atoms with Crippen molar-refractivity contribution in [3.05, 3.63) is 112 Å². The van der Waals surface area contributed by atoms with Crippen LogP contribution in [-0.2, 0) is 0 Å². The maximum Gasteiger partial charge on any atom is 0.280 e. The second-order valence-electron chi connectivity index (χ2n) is 8.24. The molecule has 4 aromatic rings. The van der Waals surface area contributed by atoms with Crippen LogP contribution in [0, 0.1) is 24.0 Å². The average molecular weight is 471 g/mol. The predicted molar refractivity (Wildman–Crippen MR) is 135 cm³/mol. The Hall–Kier alpha value is -4.04. The van der Waals surface area contributed by atoms with Crippen LogP contribution < -0.4 is 10.2 Å². The highest BCUT2D eigenvalue weighted by molar-refractivity contribution is 7.80. The van der Waals surface area contributed by atoms with Gasteiger partial charge >= 0.3 is 0 Å². The molecule has 0 spiro atoms. The predicted octanol–water partition coefficient (Wildman–Crippen LogP) is 6.04. The van der Waals surface area contributed by atoms with Crippen LogP contribution in [0.3, 0.4) is 0 Å². The monoisotopic (exact) mass is 470 g/mol. The summed E-state index contributed by atoms with van der Waals surface area (Å²) in [5.41, 5.74) is 4.53. The van der Waals surface area contributed by atoms with E-state index in [0.717, 1.165) is 16.9 Å². The van der Waals surface area contributed by atoms with Gasteiger partial charge in [-0.2, -0.15) is 0 Å². The summed E-state index contributed by atoms with van der Waals surface area (Å²) in [5, 5.41) is 15.5. The third-order valence-electron chi connectivity index (χ3n) is 6.15. The van der Waals surface area contributed by atoms with Gasteiger partial charge in [0.2, 0.25) is 0 Å². The number of rotatable bonds is 5. The van der Waals surface area contributed by atoms with Crippen molar-refractivity contribution in [3.8, 4) is 11.3 Å². The number of pyridine rings is 1. The first-order valence-corrected chi connectivity index (χ1v) is 11.3. The Labute approximate surface area is 202 Å². The van der Waals surface area contributed by atoms with Crippen LogP contribution >= 0.6 is 12.2 Å². The second kappa shape index (κ2) is 8.72. The largest absolute Gasteiger partial charge is 0.459 e. The number of benzene rings is 2. The van der Waals surface area contributed by atoms with Gasteiger partial charge in [-0.1, -0.05) is 24.3 Å². The second-order valence-corrected chi connectivity index (χ2v) is 8.63. The van der Waals surface area contributed by atoms with Crippen LogP contribution in [0.4, 0.5) is 11.4 Å². The molecule has 7 nitrogen and oxygen atoms in total. The molecule has 2 aromatic carbocycles. The molecule has 3 heterocycles. The first kappa shape index (κ1) is 21.8. The number of nitro benzene ring substituents is 1. The summed E-state index contributed by atoms with van der Waals surface area (Å²) >= 11 is 5.76. The lowest BCUT2D eigenvalue weighted by atomic mass is 10.0. The molecule has 1 fully saturated rings. The van der Waals surface area contributed by atoms with E-state index in [0.29, 0.717) is 22.2 Å². The zero-order chi connectivity index (χ0) is 23.8. The van der Waals surface area contributed by atoms with E-state index in [1.165, 1.54) is 11.6 Å². The number of aromatic nitrogens is 1. The lowest BCUT2D eigenvalue weighted by molar-refractivity contribution is -0.384. The molecule has 2 atom stereocenters. The van der Waals surface area contributed by atoms with Gasteiger partial charge < -0.3 is 14.6 Å². The zero-order valence-electron chi connectivity index (χ0n) is 18.6. The van der Waals surface area contributed by atoms with Gasteiger partial charge in [0.15, 0.2) is 5.11 Å². The number of hydrogen-bond donors (Lipinski definition) is 1. The Morgan fingerprint density at radius 2 is 1.82 bits per heavy atom. The quantitative estimate of drug-likeness (QED) is 0.216. The first-order chi connectivity index (χ1) is 16.4. The molecule has 0 amide bonds. The van der Waals surface area contributed by atoms with Crippen molar-refractivity contribution in [2.24, 2.45) is 0 Å². The summed E-state index contributed by atoms with van der Waals surface area (Å²) in [4.78, 5) is 17.7. The summed E-state index contributed by atoms with van der Waals surface area (Å²) in [6, 6.07) is 21.6. The highest BCUT2D eigenvalue weighted by Crippen LogP contribution is 2.43. The summed E-state index contributed by atoms with van der Waals surface area (Å²) < 4.78 is 6.28. The van der Waals surface area contributed by atoms with Gasteiger partial charge in [-0.3, -0.25) is 15.1 Å². The Morgan fingerprint density at radius 3 is 2.56 bits per heavy atom. The molecule has 170 valence electrons. The van der Waals surface area contributed by atoms with Gasteiger partial charge in [0.1, 0.15) is 17.6 Å². The highest BCUT2D eigenvalue weighted by atomic mass is 32.1. The highest BCUT2D eigenvalue weighted by Gasteiger charge is 2.42. The number of para-hydroxylation sites is 1. The lowest BCUT2D eigenvalue weighted by Crippen LogP contribution is -2.29. The molecular formula is C26H22N4O3S. The minimum Gasteiger partial charge on any atom is -0.459 e. The van der Waals surface area contributed by atoms with Crippen molar-refractivity contribution in [2.45, 2.75) is 25.9 Å². The van der Waals surface area contributed by atoms with E-state index in [-0.39, 0.29) is 17.8 Å². The Balaban J connectivity index is 1.63. The maximum absolute atomic E-state index is 11.6. The van der Waals surface area contributed by atoms with E-state index in [2.05, 4.69) is 36.3 Å². The first-order valence-electron chi connectivity index (χ1n) is 10.9. The van der Waals surface area contributed by atoms with Crippen molar-refractivity contribution >= 4 is 28.7 Å². The smallest absolute Gasteiger partial charge is 0.280 e. The third kappa shape index (κ3) is 3.82. The molecular weight excluding hydrogens is 448 g/mol. The van der Waals surface area contributed by atoms with Gasteiger partial charge in [-0.05, 0) is 79.7 Å². The molecule has 0 saturated carbocycles. The Morgan fingerprint density at radius 1 is 1.03 bits per heavy atom. The maximum atomic E-state index is 11.6. The normalized spacial score (nSPS) is 17.6. The van der Waals surface area contributed by atoms with Crippen molar-refractivity contribution in [2.75, 3.05) is 4.90 Å². The van der Waals surface area contributed by atoms with Gasteiger partial charge in [-0.25, -0.2) is 0 Å². The van der Waals surface area contributed by atoms with E-state index < -0.39 is 4.92 Å². The number of anilines is 1. The van der Waals surface area contributed by atoms with Crippen LogP contribution in [-0.4, -0.2) is 15.0 Å². The topological polar surface area (TPSA) is 84.4 Å². The Kier molecular flexibility index (Phi) is 5.59. The average Bonchev–Trinajstić information content (AvgIpc) is 3.46. The van der Waals surface area contributed by atoms with Crippen molar-refractivity contribution < 1.29 is 9.34 Å². The summed E-state index contributed by atoms with van der Waals surface area (Å²) in [6.45, 7) is 4.13. The molecule has 1 aliphatic rings. The fourth-order valence-electron chi connectivity index (χ4n) is 4.30. The molecule has 0 unspecified atom stereocenters. The fourth-order valence-corrected chi connectivity index (χ4v) is 4.64. The van der Waals surface area contributed by atoms with Crippen LogP contribution in [0.5, 0.6) is 0 Å². The summed E-state index contributed by atoms with van der Waals surface area (Å²) in [7, 11) is 0. The van der Waals surface area contributed by atoms with E-state index in [1.807, 2.05) is 35.2 Å². The van der Waals surface area contributed by atoms with Crippen LogP contribution in [0.2, 0.25) is 0 Å². The molecule has 0 aliphatic carbocycles. The molecule has 34 heavy (non-hydrogen) atoms. The minimum atomic E-state index is -0.401. The van der Waals surface area contributed by atoms with Gasteiger partial charge in [0.25, 0.3) is 5.69 Å². The van der Waals surface area contributed by atoms with E-state index >= 15 is 0 Å². The van der Waals surface area contributed by atoms with Gasteiger partial charge in [0, 0.05) is 18.0 Å². The van der Waals surface area contributed by atoms with Crippen LogP contribution in [0.15, 0.2) is 83.4 Å². The molecule has 1 saturated heterocycles. The van der Waals surface area contributed by atoms with Crippen LogP contribution in [0.25, 0.3) is 11.3 Å². The van der Waals surface area contributed by atoms with E-state index in [9.17, 15) is 10.1 Å². The minimum absolute atomic E-state index is 0.00393. The SMILES string of the molecule is Cc1ccc(N2C(=S)N[C@H](c3ccccn3)[C@@H]2c2ccc(-c3ccccc3[N+](=O)[O-])o2)cc1C. The molecule has 0 bridgehead atoms. The van der Waals surface area contributed by atoms with Crippen LogP contribution in [0.1, 0.15) is 34.7 Å². The Bertz CT molecular complexity index is 1390. The molecule has 2 aromatic heterocycles. The lowest BCUT2D eigenvalue weighted by Gasteiger charge is -2.26. The summed E-state index contributed by atoms with van der Waals surface area (Å²) in [6.07, 6.45) is 1.75. The third-order valence-corrected chi connectivity index (χ3v) is 6.47. The molecule has 8 heteroatoms. The van der Waals surface area contributed by atoms with E-state index in [1.54, 1.807) is 30.5 Å². The number of nitrogens with one attached hydrogen (secondary N) is 1. The summed E-state index contributed by atoms with van der Waals surface area (Å²) in [5.74, 6) is 1.06. The van der Waals surface area contributed by atoms with Crippen molar-refractivity contribution in [3.63, 3.8) is 0 Å². The zero-order valence-corrected chi connectivity index (χ0v) is 19.5. The number of nitro groups is 1. The standard InChI is InChI=1S/C26H22N4O3S/c1-16-10-11-18(15-17(16)2)29-25(24(28-26(29)34)20-8-5-6-14-27-20)23-13-12-22(33-23)19-7-3-4-9-21(19)30(31)32/h3-15,24-25H,1-2H3,(H,28,34)/t24-,25+/m1/s1. The number of aryl methyl sites for hydroxylation is 2. The number of thiocarbonyl (C=S) groups is 1. The number of furan rings is 1. The molecule has 1 N–H and O–H groups in total. The molecule has 5 rings (SSSR count). The number of hydrogen-bond acceptors (Lipinski definition) is 5. The van der Waals surface area contributed by atoms with Crippen molar-refractivity contribution in [1.29, 1.82) is 0 Å². The van der Waals surface area contributed by atoms with Crippen molar-refractivity contribution in [1.82, 2.24) is 10.3 Å². The molecule has 1 aliphatic heterocycles. The van der Waals surface area contributed by atoms with Gasteiger partial charge in [0.05, 0.1) is 22.2 Å². The van der Waals surface area contributed by atoms with Gasteiger partial charge in [-0.15, -0.1) is 0 Å². The van der Waals surface area contributed by atoms with E-state index in [4.69, 9.17) is 16.6 Å². The fraction of sp³-hybridized carbons (Fsp3) is 0.154. The molecule has 0 radical (unpaired) electrons. The number of nitrogens with zero attached hydrogens (tertiary/aromatic N) is 3.